The van der Waals surface area contributed by atoms with Crippen molar-refractivity contribution < 1.29 is 5.11 Å². The molecule has 1 fully saturated rings. The normalized spacial score (nSPS) is 20.6. The summed E-state index contributed by atoms with van der Waals surface area (Å²) in [5, 5.41) is 13.8. The van der Waals surface area contributed by atoms with Crippen molar-refractivity contribution in [3.05, 3.63) is 35.9 Å². The van der Waals surface area contributed by atoms with Crippen LogP contribution < -0.4 is 5.32 Å². The van der Waals surface area contributed by atoms with Gasteiger partial charge in [0.05, 0.1) is 6.10 Å². The predicted octanol–water partition coefficient (Wildman–Crippen LogP) is 3.11. The third kappa shape index (κ3) is 3.82. The predicted molar refractivity (Wildman–Crippen MR) is 75.3 cm³/mol. The van der Waals surface area contributed by atoms with E-state index >= 15 is 0 Å². The van der Waals surface area contributed by atoms with Crippen LogP contribution in [0.1, 0.15) is 44.6 Å². The van der Waals surface area contributed by atoms with E-state index in [0.29, 0.717) is 5.92 Å². The number of hydrogen-bond acceptors (Lipinski definition) is 2. The lowest BCUT2D eigenvalue weighted by molar-refractivity contribution is 0.0550. The highest BCUT2D eigenvalue weighted by molar-refractivity contribution is 5.14. The Bertz CT molecular complexity index is 332. The van der Waals surface area contributed by atoms with Crippen LogP contribution >= 0.6 is 0 Å². The van der Waals surface area contributed by atoms with Gasteiger partial charge in [-0.05, 0) is 31.2 Å². The van der Waals surface area contributed by atoms with E-state index in [0.717, 1.165) is 6.54 Å². The summed E-state index contributed by atoms with van der Waals surface area (Å²) in [6.07, 6.45) is 6.10. The molecule has 1 aromatic rings. The molecule has 100 valence electrons. The fourth-order valence-electron chi connectivity index (χ4n) is 2.88. The second kappa shape index (κ2) is 6.91. The van der Waals surface area contributed by atoms with Crippen LogP contribution in [0, 0.1) is 5.92 Å². The van der Waals surface area contributed by atoms with Crippen LogP contribution in [0.25, 0.3) is 0 Å². The van der Waals surface area contributed by atoms with Crippen LogP contribution in [0.4, 0.5) is 0 Å². The van der Waals surface area contributed by atoms with Crippen molar-refractivity contribution in [1.82, 2.24) is 5.32 Å². The molecule has 0 bridgehead atoms. The number of aliphatic hydroxyl groups is 1. The molecular weight excluding hydrogens is 222 g/mol. The summed E-state index contributed by atoms with van der Waals surface area (Å²) in [6.45, 7) is 2.94. The highest BCUT2D eigenvalue weighted by Crippen LogP contribution is 2.27. The lowest BCUT2D eigenvalue weighted by Gasteiger charge is -2.31. The molecule has 0 heterocycles. The minimum absolute atomic E-state index is 0.174. The molecule has 0 aromatic heterocycles. The van der Waals surface area contributed by atoms with Crippen LogP contribution in [0.3, 0.4) is 0 Å². The zero-order valence-electron chi connectivity index (χ0n) is 11.3. The second-order valence-electron chi connectivity index (χ2n) is 5.54. The maximum Gasteiger partial charge on any atom is 0.0718 e. The molecule has 2 N–H and O–H groups in total. The molecule has 1 aliphatic carbocycles. The Hall–Kier alpha value is -0.860. The quantitative estimate of drug-likeness (QED) is 0.838. The van der Waals surface area contributed by atoms with E-state index in [1.54, 1.807) is 0 Å². The largest absolute Gasteiger partial charge is 0.391 e. The highest BCUT2D eigenvalue weighted by Gasteiger charge is 2.25. The van der Waals surface area contributed by atoms with E-state index in [4.69, 9.17) is 0 Å². The van der Waals surface area contributed by atoms with E-state index in [1.807, 2.05) is 6.07 Å². The number of rotatable bonds is 5. The Morgan fingerprint density at radius 2 is 1.83 bits per heavy atom. The summed E-state index contributed by atoms with van der Waals surface area (Å²) in [4.78, 5) is 0. The fourth-order valence-corrected chi connectivity index (χ4v) is 2.88. The molecule has 2 nitrogen and oxygen atoms in total. The van der Waals surface area contributed by atoms with Gasteiger partial charge < -0.3 is 10.4 Å². The van der Waals surface area contributed by atoms with Gasteiger partial charge in [0.25, 0.3) is 0 Å². The highest BCUT2D eigenvalue weighted by atomic mass is 16.3. The molecule has 1 aromatic carbocycles. The van der Waals surface area contributed by atoms with Crippen LogP contribution in [-0.2, 0) is 6.54 Å². The Labute approximate surface area is 110 Å². The first kappa shape index (κ1) is 13.6. The first-order valence-corrected chi connectivity index (χ1v) is 7.23. The van der Waals surface area contributed by atoms with Gasteiger partial charge in [0.15, 0.2) is 0 Å². The molecule has 2 heteroatoms. The minimum Gasteiger partial charge on any atom is -0.391 e. The standard InChI is InChI=1S/C16H25NO/c1-13(16(18)15-10-6-3-7-11-15)17-12-14-8-4-2-5-9-14/h2,4-5,8-9,13,15-18H,3,6-7,10-12H2,1H3/t13?,16-/m1/s1. The van der Waals surface area contributed by atoms with E-state index < -0.39 is 0 Å². The van der Waals surface area contributed by atoms with E-state index in [9.17, 15) is 5.11 Å². The van der Waals surface area contributed by atoms with Crippen molar-refractivity contribution >= 4 is 0 Å². The van der Waals surface area contributed by atoms with Gasteiger partial charge in [-0.3, -0.25) is 0 Å². The number of aliphatic hydroxyl groups excluding tert-OH is 1. The van der Waals surface area contributed by atoms with Crippen LogP contribution in [0.15, 0.2) is 30.3 Å². The Balaban J connectivity index is 1.78. The molecule has 1 saturated carbocycles. The Kier molecular flexibility index (Phi) is 5.21. The smallest absolute Gasteiger partial charge is 0.0718 e. The number of hydrogen-bond donors (Lipinski definition) is 2. The van der Waals surface area contributed by atoms with Crippen molar-refractivity contribution in [1.29, 1.82) is 0 Å². The van der Waals surface area contributed by atoms with Gasteiger partial charge in [-0.1, -0.05) is 49.6 Å². The summed E-state index contributed by atoms with van der Waals surface area (Å²) in [5.74, 6) is 0.497. The van der Waals surface area contributed by atoms with Crippen molar-refractivity contribution in [3.8, 4) is 0 Å². The molecule has 0 spiro atoms. The maximum absolute atomic E-state index is 10.4. The Morgan fingerprint density at radius 1 is 1.17 bits per heavy atom. The molecular formula is C16H25NO. The van der Waals surface area contributed by atoms with Crippen molar-refractivity contribution in [2.75, 3.05) is 0 Å². The van der Waals surface area contributed by atoms with Crippen LogP contribution in [0.2, 0.25) is 0 Å². The molecule has 1 unspecified atom stereocenters. The molecule has 1 aliphatic rings. The van der Waals surface area contributed by atoms with Gasteiger partial charge in [0, 0.05) is 12.6 Å². The zero-order chi connectivity index (χ0) is 12.8. The molecule has 0 aliphatic heterocycles. The second-order valence-corrected chi connectivity index (χ2v) is 5.54. The molecule has 2 atom stereocenters. The molecule has 2 rings (SSSR count). The van der Waals surface area contributed by atoms with E-state index in [1.165, 1.54) is 37.7 Å². The minimum atomic E-state index is -0.200. The van der Waals surface area contributed by atoms with E-state index in [2.05, 4.69) is 36.5 Å². The summed E-state index contributed by atoms with van der Waals surface area (Å²) in [6, 6.07) is 10.6. The van der Waals surface area contributed by atoms with Crippen molar-refractivity contribution in [2.24, 2.45) is 5.92 Å². The lowest BCUT2D eigenvalue weighted by atomic mass is 9.83. The monoisotopic (exact) mass is 247 g/mol. The summed E-state index contributed by atoms with van der Waals surface area (Å²) >= 11 is 0. The Morgan fingerprint density at radius 3 is 2.50 bits per heavy atom. The van der Waals surface area contributed by atoms with Gasteiger partial charge in [0.1, 0.15) is 0 Å². The zero-order valence-corrected chi connectivity index (χ0v) is 11.3. The molecule has 0 saturated heterocycles. The fraction of sp³-hybridized carbons (Fsp3) is 0.625. The average Bonchev–Trinajstić information content (AvgIpc) is 2.46. The van der Waals surface area contributed by atoms with E-state index in [-0.39, 0.29) is 12.1 Å². The summed E-state index contributed by atoms with van der Waals surface area (Å²) < 4.78 is 0. The summed E-state index contributed by atoms with van der Waals surface area (Å²) in [5.41, 5.74) is 1.28. The molecule has 18 heavy (non-hydrogen) atoms. The SMILES string of the molecule is CC(NCc1ccccc1)[C@@H](O)C1CCCCC1. The third-order valence-corrected chi connectivity index (χ3v) is 4.12. The first-order valence-electron chi connectivity index (χ1n) is 7.23. The molecule has 0 radical (unpaired) electrons. The van der Waals surface area contributed by atoms with Gasteiger partial charge in [0.2, 0.25) is 0 Å². The number of nitrogens with one attached hydrogen (secondary N) is 1. The third-order valence-electron chi connectivity index (χ3n) is 4.12. The number of benzene rings is 1. The first-order chi connectivity index (χ1) is 8.77. The van der Waals surface area contributed by atoms with Crippen LogP contribution in [0.5, 0.6) is 0 Å². The van der Waals surface area contributed by atoms with Gasteiger partial charge in [-0.2, -0.15) is 0 Å². The average molecular weight is 247 g/mol. The topological polar surface area (TPSA) is 32.3 Å². The van der Waals surface area contributed by atoms with Gasteiger partial charge in [-0.15, -0.1) is 0 Å². The lowest BCUT2D eigenvalue weighted by Crippen LogP contribution is -2.42. The van der Waals surface area contributed by atoms with Gasteiger partial charge in [-0.25, -0.2) is 0 Å². The van der Waals surface area contributed by atoms with Gasteiger partial charge >= 0.3 is 0 Å². The maximum atomic E-state index is 10.4. The van der Waals surface area contributed by atoms with Crippen LogP contribution in [-0.4, -0.2) is 17.3 Å². The summed E-state index contributed by atoms with van der Waals surface area (Å²) in [7, 11) is 0. The molecule has 0 amide bonds. The van der Waals surface area contributed by atoms with Crippen molar-refractivity contribution in [2.45, 2.75) is 57.7 Å². The van der Waals surface area contributed by atoms with Crippen molar-refractivity contribution in [3.63, 3.8) is 0 Å².